The van der Waals surface area contributed by atoms with Crippen molar-refractivity contribution in [3.05, 3.63) is 185 Å². The summed E-state index contributed by atoms with van der Waals surface area (Å²) in [5.74, 6) is 0.289. The molecule has 0 N–H and O–H groups in total. The van der Waals surface area contributed by atoms with Crippen molar-refractivity contribution in [3.8, 4) is 5.69 Å². The molecule has 0 saturated carbocycles. The quantitative estimate of drug-likeness (QED) is 0.169. The van der Waals surface area contributed by atoms with Crippen LogP contribution in [-0.4, -0.2) is 4.57 Å². The van der Waals surface area contributed by atoms with Crippen LogP contribution in [0.25, 0.3) is 33.1 Å². The maximum atomic E-state index is 2.51. The first-order chi connectivity index (χ1) is 25.3. The van der Waals surface area contributed by atoms with E-state index < -0.39 is 0 Å². The summed E-state index contributed by atoms with van der Waals surface area (Å²) >= 11 is 0. The van der Waals surface area contributed by atoms with Crippen LogP contribution < -0.4 is 4.90 Å². The lowest BCUT2D eigenvalue weighted by Gasteiger charge is -2.38. The molecule has 2 bridgehead atoms. The molecule has 254 valence electrons. The summed E-state index contributed by atoms with van der Waals surface area (Å²) in [6.07, 6.45) is 19.8. The minimum absolute atomic E-state index is 0.0481. The fourth-order valence-electron chi connectivity index (χ4n) is 9.61. The Morgan fingerprint density at radius 2 is 1.37 bits per heavy atom. The average molecular weight is 673 g/mol. The van der Waals surface area contributed by atoms with E-state index >= 15 is 0 Å². The molecule has 0 amide bonds. The molecule has 0 spiro atoms. The van der Waals surface area contributed by atoms with E-state index in [4.69, 9.17) is 0 Å². The SMILES string of the molecule is CC1(C)C2=C(CCC=C2)c2ccc(N(c3ccc4c(c3)C(C)(C)C3=CC4/C=C\CC=C3)c3ccc4c(c3)c3ccccc3n4-c3ccccc3)cc21. The van der Waals surface area contributed by atoms with E-state index in [1.807, 2.05) is 0 Å². The zero-order valence-corrected chi connectivity index (χ0v) is 30.5. The van der Waals surface area contributed by atoms with Gasteiger partial charge in [0.25, 0.3) is 0 Å². The maximum absolute atomic E-state index is 2.51. The van der Waals surface area contributed by atoms with Gasteiger partial charge in [0.15, 0.2) is 0 Å². The lowest BCUT2D eigenvalue weighted by Crippen LogP contribution is -2.27. The first kappa shape index (κ1) is 31.2. The highest BCUT2D eigenvalue weighted by atomic mass is 15.1. The van der Waals surface area contributed by atoms with Gasteiger partial charge >= 0.3 is 0 Å². The lowest BCUT2D eigenvalue weighted by atomic mass is 9.67. The summed E-state index contributed by atoms with van der Waals surface area (Å²) in [6.45, 7) is 9.60. The Balaban J connectivity index is 1.20. The van der Waals surface area contributed by atoms with Gasteiger partial charge in [-0.15, -0.1) is 0 Å². The van der Waals surface area contributed by atoms with Crippen molar-refractivity contribution in [2.45, 2.75) is 63.7 Å². The minimum atomic E-state index is -0.114. The first-order valence-corrected chi connectivity index (χ1v) is 18.9. The van der Waals surface area contributed by atoms with E-state index in [0.717, 1.165) is 19.3 Å². The molecular weight excluding hydrogens is 629 g/mol. The third-order valence-electron chi connectivity index (χ3n) is 12.4. The van der Waals surface area contributed by atoms with Crippen molar-refractivity contribution in [3.63, 3.8) is 0 Å². The van der Waals surface area contributed by atoms with Gasteiger partial charge in [0.2, 0.25) is 0 Å². The molecular formula is C50H44N2. The molecule has 5 aromatic carbocycles. The van der Waals surface area contributed by atoms with Gasteiger partial charge in [0.05, 0.1) is 11.0 Å². The fourth-order valence-corrected chi connectivity index (χ4v) is 9.61. The number of para-hydroxylation sites is 2. The number of fused-ring (bicyclic) bond motifs is 8. The van der Waals surface area contributed by atoms with E-state index in [1.165, 1.54) is 83.5 Å². The van der Waals surface area contributed by atoms with E-state index in [-0.39, 0.29) is 16.7 Å². The summed E-state index contributed by atoms with van der Waals surface area (Å²) in [7, 11) is 0. The molecule has 1 aromatic heterocycles. The largest absolute Gasteiger partial charge is 0.310 e. The second kappa shape index (κ2) is 11.5. The van der Waals surface area contributed by atoms with Crippen LogP contribution in [0, 0.1) is 0 Å². The Labute approximate surface area is 307 Å². The van der Waals surface area contributed by atoms with Crippen LogP contribution in [0.3, 0.4) is 0 Å². The summed E-state index contributed by atoms with van der Waals surface area (Å²) in [5.41, 5.74) is 17.1. The molecule has 0 radical (unpaired) electrons. The maximum Gasteiger partial charge on any atom is 0.0542 e. The number of allylic oxidation sites excluding steroid dienone is 10. The van der Waals surface area contributed by atoms with Crippen molar-refractivity contribution < 1.29 is 0 Å². The highest BCUT2D eigenvalue weighted by molar-refractivity contribution is 6.10. The molecule has 2 heteroatoms. The molecule has 1 heterocycles. The molecule has 0 aliphatic heterocycles. The van der Waals surface area contributed by atoms with Crippen LogP contribution in [0.1, 0.15) is 75.1 Å². The normalized spacial score (nSPS) is 19.8. The number of benzene rings is 5. The Kier molecular flexibility index (Phi) is 6.86. The smallest absolute Gasteiger partial charge is 0.0542 e. The minimum Gasteiger partial charge on any atom is -0.310 e. The summed E-state index contributed by atoms with van der Waals surface area (Å²) < 4.78 is 2.40. The van der Waals surface area contributed by atoms with Crippen LogP contribution in [0.15, 0.2) is 163 Å². The molecule has 6 aromatic rings. The number of anilines is 3. The van der Waals surface area contributed by atoms with E-state index in [9.17, 15) is 0 Å². The molecule has 0 fully saturated rings. The van der Waals surface area contributed by atoms with Crippen LogP contribution in [-0.2, 0) is 10.8 Å². The predicted molar refractivity (Wildman–Crippen MR) is 221 cm³/mol. The zero-order valence-electron chi connectivity index (χ0n) is 30.5. The van der Waals surface area contributed by atoms with Gasteiger partial charge in [0.1, 0.15) is 0 Å². The first-order valence-electron chi connectivity index (χ1n) is 18.9. The second-order valence-electron chi connectivity index (χ2n) is 16.0. The number of hydrogen-bond acceptors (Lipinski definition) is 1. The van der Waals surface area contributed by atoms with Crippen molar-refractivity contribution in [1.82, 2.24) is 4.57 Å². The number of aromatic nitrogens is 1. The molecule has 4 aliphatic carbocycles. The summed E-state index contributed by atoms with van der Waals surface area (Å²) in [4.78, 5) is 2.51. The lowest BCUT2D eigenvalue weighted by molar-refractivity contribution is 0.608. The van der Waals surface area contributed by atoms with Gasteiger partial charge in [-0.25, -0.2) is 0 Å². The highest BCUT2D eigenvalue weighted by Gasteiger charge is 2.38. The van der Waals surface area contributed by atoms with Gasteiger partial charge in [-0.05, 0) is 119 Å². The van der Waals surface area contributed by atoms with Crippen LogP contribution in [0.2, 0.25) is 0 Å². The Morgan fingerprint density at radius 3 is 2.23 bits per heavy atom. The van der Waals surface area contributed by atoms with Crippen molar-refractivity contribution >= 4 is 44.4 Å². The van der Waals surface area contributed by atoms with E-state index in [1.54, 1.807) is 0 Å². The van der Waals surface area contributed by atoms with Crippen molar-refractivity contribution in [2.24, 2.45) is 0 Å². The molecule has 10 rings (SSSR count). The van der Waals surface area contributed by atoms with Gasteiger partial charge < -0.3 is 9.47 Å². The molecule has 1 atom stereocenters. The van der Waals surface area contributed by atoms with E-state index in [2.05, 4.69) is 189 Å². The fraction of sp³-hybridized carbons (Fsp3) is 0.200. The second-order valence-corrected chi connectivity index (χ2v) is 16.0. The summed E-state index contributed by atoms with van der Waals surface area (Å²) in [6, 6.07) is 41.2. The molecule has 4 aliphatic rings. The monoisotopic (exact) mass is 672 g/mol. The third kappa shape index (κ3) is 4.56. The summed E-state index contributed by atoms with van der Waals surface area (Å²) in [5, 5.41) is 2.52. The third-order valence-corrected chi connectivity index (χ3v) is 12.4. The highest BCUT2D eigenvalue weighted by Crippen LogP contribution is 2.53. The standard InChI is InChI=1S/C50H44N2/c1-49(2)34-16-8-5-7-15-33(29-34)39-26-23-37(31-45(39)49)51(38-24-27-41-40-19-11-13-21-44(40)50(3,4)46(41)32-38)36-25-28-48-43(30-36)42-20-12-14-22-47(42)52(48)35-17-9-6-10-18-35/h6-10,12-18,20-33H,5,11,19H2,1-4H3/b15-7-,16-8?. The van der Waals surface area contributed by atoms with Gasteiger partial charge in [-0.2, -0.15) is 0 Å². The van der Waals surface area contributed by atoms with Gasteiger partial charge in [-0.3, -0.25) is 0 Å². The topological polar surface area (TPSA) is 8.17 Å². The Hall–Kier alpha value is -5.60. The molecule has 52 heavy (non-hydrogen) atoms. The molecule has 0 saturated heterocycles. The Bertz CT molecular complexity index is 2600. The van der Waals surface area contributed by atoms with Gasteiger partial charge in [0, 0.05) is 50.3 Å². The van der Waals surface area contributed by atoms with Crippen LogP contribution in [0.4, 0.5) is 17.1 Å². The molecule has 1 unspecified atom stereocenters. The predicted octanol–water partition coefficient (Wildman–Crippen LogP) is 13.5. The van der Waals surface area contributed by atoms with Crippen molar-refractivity contribution in [1.29, 1.82) is 0 Å². The Morgan fingerprint density at radius 1 is 0.635 bits per heavy atom. The van der Waals surface area contributed by atoms with Crippen molar-refractivity contribution in [2.75, 3.05) is 4.90 Å². The number of rotatable bonds is 4. The van der Waals surface area contributed by atoms with Crippen LogP contribution >= 0.6 is 0 Å². The average Bonchev–Trinajstić information content (AvgIpc) is 3.60. The number of nitrogens with zero attached hydrogens (tertiary/aromatic N) is 2. The number of hydrogen-bond donors (Lipinski definition) is 0. The molecule has 2 nitrogen and oxygen atoms in total. The van der Waals surface area contributed by atoms with Gasteiger partial charge in [-0.1, -0.05) is 119 Å². The van der Waals surface area contributed by atoms with E-state index in [0.29, 0.717) is 0 Å². The van der Waals surface area contributed by atoms with Crippen LogP contribution in [0.5, 0.6) is 0 Å². The zero-order chi connectivity index (χ0) is 35.2.